The maximum Gasteiger partial charge on any atom is 0.323 e. The molecule has 6 nitrogen and oxygen atoms in total. The molecule has 0 aliphatic heterocycles. The first-order valence-electron chi connectivity index (χ1n) is 6.57. The quantitative estimate of drug-likeness (QED) is 0.562. The second-order valence-corrected chi connectivity index (χ2v) is 5.79. The Morgan fingerprint density at radius 1 is 1.05 bits per heavy atom. The standard InChI is InChI=1S/C15H13BrN4O2/c1-8-6-12-13(20-15(22)19-12)7-11(8)18-14(21)17-10-4-2-9(16)3-5-10/h2-7H,1H3,(H2,17,18,21)(H2,19,20,22). The zero-order valence-electron chi connectivity index (χ0n) is 11.7. The third kappa shape index (κ3) is 3.04. The van der Waals surface area contributed by atoms with Crippen LogP contribution >= 0.6 is 15.9 Å². The predicted molar refractivity (Wildman–Crippen MR) is 90.4 cm³/mol. The lowest BCUT2D eigenvalue weighted by atomic mass is 10.2. The molecule has 7 heteroatoms. The third-order valence-electron chi connectivity index (χ3n) is 3.21. The van der Waals surface area contributed by atoms with Gasteiger partial charge in [-0.1, -0.05) is 15.9 Å². The first-order chi connectivity index (χ1) is 10.5. The topological polar surface area (TPSA) is 89.8 Å². The number of nitrogens with one attached hydrogen (secondary N) is 4. The van der Waals surface area contributed by atoms with Crippen molar-refractivity contribution in [3.63, 3.8) is 0 Å². The van der Waals surface area contributed by atoms with E-state index in [9.17, 15) is 9.59 Å². The van der Waals surface area contributed by atoms with Crippen LogP contribution in [0.5, 0.6) is 0 Å². The van der Waals surface area contributed by atoms with Crippen LogP contribution in [0.25, 0.3) is 11.0 Å². The summed E-state index contributed by atoms with van der Waals surface area (Å²) in [7, 11) is 0. The van der Waals surface area contributed by atoms with Crippen LogP contribution in [0.3, 0.4) is 0 Å². The van der Waals surface area contributed by atoms with E-state index in [2.05, 4.69) is 36.5 Å². The maximum absolute atomic E-state index is 12.0. The molecule has 0 saturated heterocycles. The molecule has 1 aromatic heterocycles. The smallest absolute Gasteiger partial charge is 0.308 e. The summed E-state index contributed by atoms with van der Waals surface area (Å²) in [6, 6.07) is 10.5. The van der Waals surface area contributed by atoms with Gasteiger partial charge in [-0.15, -0.1) is 0 Å². The van der Waals surface area contributed by atoms with Crippen LogP contribution in [0.15, 0.2) is 45.7 Å². The number of H-pyrrole nitrogens is 2. The molecule has 0 atom stereocenters. The number of urea groups is 1. The van der Waals surface area contributed by atoms with E-state index in [-0.39, 0.29) is 11.7 Å². The number of hydrogen-bond acceptors (Lipinski definition) is 2. The monoisotopic (exact) mass is 360 g/mol. The molecule has 22 heavy (non-hydrogen) atoms. The molecule has 0 aliphatic carbocycles. The van der Waals surface area contributed by atoms with Crippen molar-refractivity contribution >= 4 is 44.4 Å². The highest BCUT2D eigenvalue weighted by Gasteiger charge is 2.08. The van der Waals surface area contributed by atoms with E-state index in [1.54, 1.807) is 18.2 Å². The lowest BCUT2D eigenvalue weighted by molar-refractivity contribution is 0.262. The van der Waals surface area contributed by atoms with Crippen molar-refractivity contribution in [2.75, 3.05) is 10.6 Å². The molecule has 0 spiro atoms. The number of aromatic amines is 2. The molecule has 1 heterocycles. The van der Waals surface area contributed by atoms with Crippen molar-refractivity contribution in [2.24, 2.45) is 0 Å². The molecule has 0 fully saturated rings. The molecule has 3 rings (SSSR count). The molecule has 0 saturated carbocycles. The normalized spacial score (nSPS) is 10.6. The van der Waals surface area contributed by atoms with Gasteiger partial charge in [0.25, 0.3) is 0 Å². The van der Waals surface area contributed by atoms with E-state index in [4.69, 9.17) is 0 Å². The lowest BCUT2D eigenvalue weighted by Crippen LogP contribution is -2.19. The predicted octanol–water partition coefficient (Wildman–Crippen LogP) is 3.57. The van der Waals surface area contributed by atoms with E-state index >= 15 is 0 Å². The van der Waals surface area contributed by atoms with Gasteiger partial charge in [-0.05, 0) is 48.9 Å². The second-order valence-electron chi connectivity index (χ2n) is 4.88. The van der Waals surface area contributed by atoms with Crippen molar-refractivity contribution < 1.29 is 4.79 Å². The Kier molecular flexibility index (Phi) is 3.72. The molecule has 2 amide bonds. The number of fused-ring (bicyclic) bond motifs is 1. The number of imidazole rings is 1. The van der Waals surface area contributed by atoms with Gasteiger partial charge >= 0.3 is 11.7 Å². The van der Waals surface area contributed by atoms with E-state index in [0.29, 0.717) is 22.4 Å². The molecule has 0 radical (unpaired) electrons. The largest absolute Gasteiger partial charge is 0.323 e. The van der Waals surface area contributed by atoms with Gasteiger partial charge in [-0.2, -0.15) is 0 Å². The molecule has 112 valence electrons. The van der Waals surface area contributed by atoms with Crippen molar-refractivity contribution in [1.29, 1.82) is 0 Å². The molecule has 2 aromatic carbocycles. The number of aromatic nitrogens is 2. The van der Waals surface area contributed by atoms with Crippen molar-refractivity contribution in [3.05, 3.63) is 56.9 Å². The van der Waals surface area contributed by atoms with Gasteiger partial charge in [0, 0.05) is 15.8 Å². The number of benzene rings is 2. The van der Waals surface area contributed by atoms with Crippen molar-refractivity contribution in [2.45, 2.75) is 6.92 Å². The summed E-state index contributed by atoms with van der Waals surface area (Å²) in [5.41, 5.74) is 3.27. The van der Waals surface area contributed by atoms with Crippen LogP contribution in [-0.2, 0) is 0 Å². The van der Waals surface area contributed by atoms with Gasteiger partial charge in [0.1, 0.15) is 0 Å². The third-order valence-corrected chi connectivity index (χ3v) is 3.74. The molecular weight excluding hydrogens is 348 g/mol. The summed E-state index contributed by atoms with van der Waals surface area (Å²) in [5, 5.41) is 5.52. The van der Waals surface area contributed by atoms with Crippen LogP contribution in [0.4, 0.5) is 16.2 Å². The van der Waals surface area contributed by atoms with Crippen LogP contribution in [0.1, 0.15) is 5.56 Å². The summed E-state index contributed by atoms with van der Waals surface area (Å²) in [4.78, 5) is 28.7. The maximum atomic E-state index is 12.0. The summed E-state index contributed by atoms with van der Waals surface area (Å²) in [6.45, 7) is 1.86. The van der Waals surface area contributed by atoms with Crippen LogP contribution in [-0.4, -0.2) is 16.0 Å². The Hall–Kier alpha value is -2.54. The number of hydrogen-bond donors (Lipinski definition) is 4. The Morgan fingerprint density at radius 3 is 2.36 bits per heavy atom. The highest BCUT2D eigenvalue weighted by atomic mass is 79.9. The molecule has 0 aliphatic rings. The van der Waals surface area contributed by atoms with E-state index in [0.717, 1.165) is 10.0 Å². The van der Waals surface area contributed by atoms with E-state index in [1.807, 2.05) is 25.1 Å². The van der Waals surface area contributed by atoms with Crippen molar-refractivity contribution in [1.82, 2.24) is 9.97 Å². The molecule has 3 aromatic rings. The van der Waals surface area contributed by atoms with Gasteiger partial charge in [0.05, 0.1) is 11.0 Å². The Bertz CT molecular complexity index is 896. The summed E-state index contributed by atoms with van der Waals surface area (Å²) < 4.78 is 0.941. The minimum absolute atomic E-state index is 0.272. The fourth-order valence-corrected chi connectivity index (χ4v) is 2.41. The number of carbonyl (C=O) groups is 1. The first-order valence-corrected chi connectivity index (χ1v) is 7.37. The molecule has 0 bridgehead atoms. The van der Waals surface area contributed by atoms with E-state index < -0.39 is 0 Å². The highest BCUT2D eigenvalue weighted by Crippen LogP contribution is 2.21. The molecule has 0 unspecified atom stereocenters. The minimum atomic E-state index is -0.345. The minimum Gasteiger partial charge on any atom is -0.308 e. The van der Waals surface area contributed by atoms with Gasteiger partial charge < -0.3 is 20.6 Å². The second kappa shape index (κ2) is 5.69. The zero-order chi connectivity index (χ0) is 15.7. The summed E-state index contributed by atoms with van der Waals surface area (Å²) in [6.07, 6.45) is 0. The SMILES string of the molecule is Cc1cc2[nH]c(=O)[nH]c2cc1NC(=O)Nc1ccc(Br)cc1. The number of halogens is 1. The fourth-order valence-electron chi connectivity index (χ4n) is 2.14. The van der Waals surface area contributed by atoms with Crippen LogP contribution < -0.4 is 16.3 Å². The van der Waals surface area contributed by atoms with E-state index in [1.165, 1.54) is 0 Å². The average molecular weight is 361 g/mol. The highest BCUT2D eigenvalue weighted by molar-refractivity contribution is 9.10. The Balaban J connectivity index is 1.79. The molecular formula is C15H13BrN4O2. The Morgan fingerprint density at radius 2 is 1.68 bits per heavy atom. The first kappa shape index (κ1) is 14.4. The van der Waals surface area contributed by atoms with Crippen molar-refractivity contribution in [3.8, 4) is 0 Å². The van der Waals surface area contributed by atoms with Gasteiger partial charge in [0.15, 0.2) is 0 Å². The van der Waals surface area contributed by atoms with Gasteiger partial charge in [0.2, 0.25) is 0 Å². The number of amides is 2. The fraction of sp³-hybridized carbons (Fsp3) is 0.0667. The molecule has 4 N–H and O–H groups in total. The lowest BCUT2D eigenvalue weighted by Gasteiger charge is -2.10. The number of anilines is 2. The van der Waals surface area contributed by atoms with Gasteiger partial charge in [-0.3, -0.25) is 0 Å². The number of rotatable bonds is 2. The zero-order valence-corrected chi connectivity index (χ0v) is 13.2. The summed E-state index contributed by atoms with van der Waals surface area (Å²) >= 11 is 3.34. The average Bonchev–Trinajstić information content (AvgIpc) is 2.81. The van der Waals surface area contributed by atoms with Crippen LogP contribution in [0.2, 0.25) is 0 Å². The number of aryl methyl sites for hydroxylation is 1. The Labute approximate surface area is 134 Å². The number of carbonyl (C=O) groups excluding carboxylic acids is 1. The van der Waals surface area contributed by atoms with Crippen LogP contribution in [0, 0.1) is 6.92 Å². The van der Waals surface area contributed by atoms with Gasteiger partial charge in [-0.25, -0.2) is 9.59 Å². The summed E-state index contributed by atoms with van der Waals surface area (Å²) in [5.74, 6) is 0.